The maximum absolute atomic E-state index is 5.40. The van der Waals surface area contributed by atoms with E-state index < -0.39 is 0 Å². The van der Waals surface area contributed by atoms with Gasteiger partial charge in [-0.15, -0.1) is 0 Å². The smallest absolute Gasteiger partial charge is 0.140 e. The van der Waals surface area contributed by atoms with Crippen molar-refractivity contribution >= 4 is 5.82 Å². The quantitative estimate of drug-likeness (QED) is 0.549. The highest BCUT2D eigenvalue weighted by atomic mass is 15.3. The first kappa shape index (κ1) is 15.9. The van der Waals surface area contributed by atoms with Gasteiger partial charge in [-0.2, -0.15) is 0 Å². The van der Waals surface area contributed by atoms with Gasteiger partial charge in [0.05, 0.1) is 5.69 Å². The number of nitrogen functional groups attached to an aromatic ring is 1. The maximum Gasteiger partial charge on any atom is 0.140 e. The van der Waals surface area contributed by atoms with Gasteiger partial charge in [-0.25, -0.2) is 10.8 Å². The molecular formula is C14H27N5. The molecule has 108 valence electrons. The number of hydrogen-bond donors (Lipinski definition) is 2. The van der Waals surface area contributed by atoms with Crippen LogP contribution < -0.4 is 11.3 Å². The third kappa shape index (κ3) is 6.52. The summed E-state index contributed by atoms with van der Waals surface area (Å²) in [4.78, 5) is 9.12. The molecule has 0 amide bonds. The average Bonchev–Trinajstić information content (AvgIpc) is 2.35. The first-order valence-electron chi connectivity index (χ1n) is 6.81. The summed E-state index contributed by atoms with van der Waals surface area (Å²) in [5.74, 6) is 6.76. The Labute approximate surface area is 116 Å². The SMILES string of the molecule is CC(C)CN(CCN(C)C)Cc1cccc(NN)n1. The van der Waals surface area contributed by atoms with Crippen LogP contribution in [-0.4, -0.2) is 48.5 Å². The normalized spacial score (nSPS) is 11.6. The van der Waals surface area contributed by atoms with Crippen LogP contribution in [0.5, 0.6) is 0 Å². The Morgan fingerprint density at radius 1 is 1.26 bits per heavy atom. The van der Waals surface area contributed by atoms with Gasteiger partial charge in [-0.1, -0.05) is 19.9 Å². The van der Waals surface area contributed by atoms with Crippen LogP contribution in [0.3, 0.4) is 0 Å². The average molecular weight is 265 g/mol. The van der Waals surface area contributed by atoms with Gasteiger partial charge >= 0.3 is 0 Å². The van der Waals surface area contributed by atoms with E-state index in [0.29, 0.717) is 5.92 Å². The van der Waals surface area contributed by atoms with E-state index in [1.807, 2.05) is 18.2 Å². The molecule has 0 atom stereocenters. The molecule has 0 spiro atoms. The van der Waals surface area contributed by atoms with Gasteiger partial charge in [-0.3, -0.25) is 4.90 Å². The molecule has 1 heterocycles. The highest BCUT2D eigenvalue weighted by molar-refractivity contribution is 5.33. The second kappa shape index (κ2) is 8.09. The minimum absolute atomic E-state index is 0.651. The Kier molecular flexibility index (Phi) is 6.77. The highest BCUT2D eigenvalue weighted by Crippen LogP contribution is 2.08. The minimum Gasteiger partial charge on any atom is -0.308 e. The summed E-state index contributed by atoms with van der Waals surface area (Å²) in [5, 5.41) is 0. The van der Waals surface area contributed by atoms with Crippen molar-refractivity contribution in [3.63, 3.8) is 0 Å². The van der Waals surface area contributed by atoms with E-state index >= 15 is 0 Å². The van der Waals surface area contributed by atoms with E-state index in [-0.39, 0.29) is 0 Å². The molecular weight excluding hydrogens is 238 g/mol. The summed E-state index contributed by atoms with van der Waals surface area (Å²) in [6, 6.07) is 5.90. The van der Waals surface area contributed by atoms with Gasteiger partial charge < -0.3 is 10.3 Å². The monoisotopic (exact) mass is 265 g/mol. The molecule has 19 heavy (non-hydrogen) atoms. The molecule has 0 fully saturated rings. The van der Waals surface area contributed by atoms with E-state index in [2.05, 4.69) is 48.2 Å². The summed E-state index contributed by atoms with van der Waals surface area (Å²) in [6.07, 6.45) is 0. The van der Waals surface area contributed by atoms with E-state index in [1.54, 1.807) is 0 Å². The van der Waals surface area contributed by atoms with Crippen LogP contribution in [0.4, 0.5) is 5.82 Å². The summed E-state index contributed by atoms with van der Waals surface area (Å²) >= 11 is 0. The third-order valence-corrected chi connectivity index (χ3v) is 2.83. The summed E-state index contributed by atoms with van der Waals surface area (Å²) < 4.78 is 0. The summed E-state index contributed by atoms with van der Waals surface area (Å²) in [6.45, 7) is 8.54. The van der Waals surface area contributed by atoms with E-state index in [1.165, 1.54) is 0 Å². The number of nitrogens with one attached hydrogen (secondary N) is 1. The molecule has 0 radical (unpaired) electrons. The van der Waals surface area contributed by atoms with Crippen LogP contribution in [0.1, 0.15) is 19.5 Å². The molecule has 0 saturated carbocycles. The maximum atomic E-state index is 5.40. The first-order valence-corrected chi connectivity index (χ1v) is 6.81. The standard InChI is InChI=1S/C14H27N5/c1-12(2)10-19(9-8-18(3)4)11-13-6-5-7-14(16-13)17-15/h5-7,12H,8-11,15H2,1-4H3,(H,16,17). The summed E-state index contributed by atoms with van der Waals surface area (Å²) in [7, 11) is 4.20. The molecule has 1 rings (SSSR count). The van der Waals surface area contributed by atoms with Crippen LogP contribution in [0.2, 0.25) is 0 Å². The molecule has 0 aliphatic heterocycles. The van der Waals surface area contributed by atoms with Crippen molar-refractivity contribution in [2.75, 3.05) is 39.2 Å². The molecule has 0 bridgehead atoms. The number of nitrogens with two attached hydrogens (primary N) is 1. The Balaban J connectivity index is 2.63. The number of rotatable bonds is 8. The Hall–Kier alpha value is -1.17. The molecule has 0 unspecified atom stereocenters. The Morgan fingerprint density at radius 2 is 2.00 bits per heavy atom. The predicted molar refractivity (Wildman–Crippen MR) is 80.7 cm³/mol. The molecule has 0 aliphatic carbocycles. The first-order chi connectivity index (χ1) is 9.01. The van der Waals surface area contributed by atoms with Gasteiger partial charge in [0, 0.05) is 26.2 Å². The van der Waals surface area contributed by atoms with Crippen LogP contribution in [-0.2, 0) is 6.54 Å². The van der Waals surface area contributed by atoms with Gasteiger partial charge in [0.25, 0.3) is 0 Å². The molecule has 5 heteroatoms. The van der Waals surface area contributed by atoms with Crippen molar-refractivity contribution in [1.29, 1.82) is 0 Å². The number of anilines is 1. The number of aromatic nitrogens is 1. The lowest BCUT2D eigenvalue weighted by atomic mass is 10.2. The zero-order valence-corrected chi connectivity index (χ0v) is 12.6. The summed E-state index contributed by atoms with van der Waals surface area (Å²) in [5.41, 5.74) is 3.64. The fourth-order valence-corrected chi connectivity index (χ4v) is 1.97. The van der Waals surface area contributed by atoms with Crippen LogP contribution >= 0.6 is 0 Å². The third-order valence-electron chi connectivity index (χ3n) is 2.83. The van der Waals surface area contributed by atoms with Crippen molar-refractivity contribution in [3.05, 3.63) is 23.9 Å². The number of likely N-dealkylation sites (N-methyl/N-ethyl adjacent to an activating group) is 1. The molecule has 3 N–H and O–H groups in total. The zero-order valence-electron chi connectivity index (χ0n) is 12.6. The van der Waals surface area contributed by atoms with E-state index in [9.17, 15) is 0 Å². The van der Waals surface area contributed by atoms with Gasteiger partial charge in [0.1, 0.15) is 5.82 Å². The number of pyridine rings is 1. The molecule has 1 aromatic rings. The number of nitrogens with zero attached hydrogens (tertiary/aromatic N) is 3. The molecule has 1 aromatic heterocycles. The van der Waals surface area contributed by atoms with E-state index in [4.69, 9.17) is 5.84 Å². The van der Waals surface area contributed by atoms with Crippen molar-refractivity contribution in [2.24, 2.45) is 11.8 Å². The second-order valence-electron chi connectivity index (χ2n) is 5.59. The van der Waals surface area contributed by atoms with Gasteiger partial charge in [0.15, 0.2) is 0 Å². The van der Waals surface area contributed by atoms with Crippen LogP contribution in [0.15, 0.2) is 18.2 Å². The predicted octanol–water partition coefficient (Wildman–Crippen LogP) is 1.39. The fourth-order valence-electron chi connectivity index (χ4n) is 1.97. The van der Waals surface area contributed by atoms with Crippen LogP contribution in [0.25, 0.3) is 0 Å². The second-order valence-corrected chi connectivity index (χ2v) is 5.59. The van der Waals surface area contributed by atoms with Crippen LogP contribution in [0, 0.1) is 5.92 Å². The largest absolute Gasteiger partial charge is 0.308 e. The van der Waals surface area contributed by atoms with Crippen molar-refractivity contribution in [2.45, 2.75) is 20.4 Å². The molecule has 0 aliphatic rings. The number of hydrogen-bond acceptors (Lipinski definition) is 5. The Morgan fingerprint density at radius 3 is 2.58 bits per heavy atom. The molecule has 0 saturated heterocycles. The van der Waals surface area contributed by atoms with Gasteiger partial charge in [0.2, 0.25) is 0 Å². The molecule has 5 nitrogen and oxygen atoms in total. The lowest BCUT2D eigenvalue weighted by Gasteiger charge is -2.25. The number of hydrazine groups is 1. The van der Waals surface area contributed by atoms with Crippen molar-refractivity contribution in [1.82, 2.24) is 14.8 Å². The minimum atomic E-state index is 0.651. The zero-order chi connectivity index (χ0) is 14.3. The fraction of sp³-hybridized carbons (Fsp3) is 0.643. The molecule has 0 aromatic carbocycles. The lowest BCUT2D eigenvalue weighted by molar-refractivity contribution is 0.210. The Bertz CT molecular complexity index is 365. The van der Waals surface area contributed by atoms with E-state index in [0.717, 1.165) is 37.7 Å². The van der Waals surface area contributed by atoms with Crippen molar-refractivity contribution < 1.29 is 0 Å². The highest BCUT2D eigenvalue weighted by Gasteiger charge is 2.09. The lowest BCUT2D eigenvalue weighted by Crippen LogP contribution is -2.34. The van der Waals surface area contributed by atoms with Gasteiger partial charge in [-0.05, 0) is 32.1 Å². The van der Waals surface area contributed by atoms with Crippen molar-refractivity contribution in [3.8, 4) is 0 Å². The topological polar surface area (TPSA) is 57.4 Å².